The molecule has 2 rings (SSSR count). The molecule has 2 aromatic carbocycles. The Morgan fingerprint density at radius 2 is 1.52 bits per heavy atom. The van der Waals surface area contributed by atoms with Gasteiger partial charge in [0, 0.05) is 11.6 Å². The van der Waals surface area contributed by atoms with E-state index in [1.807, 2.05) is 11.6 Å². The molecule has 0 spiro atoms. The van der Waals surface area contributed by atoms with E-state index < -0.39 is 15.9 Å². The van der Waals surface area contributed by atoms with Crippen LogP contribution in [0.5, 0.6) is 11.5 Å². The monoisotopic (exact) mass is 307 g/mol. The summed E-state index contributed by atoms with van der Waals surface area (Å²) in [6.07, 6.45) is 0. The lowest BCUT2D eigenvalue weighted by molar-refractivity contribution is 0.0980. The molecule has 0 saturated heterocycles. The van der Waals surface area contributed by atoms with E-state index in [9.17, 15) is 23.4 Å². The zero-order chi connectivity index (χ0) is 15.6. The van der Waals surface area contributed by atoms with Gasteiger partial charge in [0.2, 0.25) is 0 Å². The molecule has 1 amide bonds. The summed E-state index contributed by atoms with van der Waals surface area (Å²) in [4.78, 5) is 11.8. The van der Waals surface area contributed by atoms with Crippen molar-refractivity contribution in [2.45, 2.75) is 11.8 Å². The quantitative estimate of drug-likeness (QED) is 0.797. The lowest BCUT2D eigenvalue weighted by Gasteiger charge is -2.08. The zero-order valence-electron chi connectivity index (χ0n) is 11.1. The topological polar surface area (TPSA) is 104 Å². The number of nitrogens with one attached hydrogen (secondary N) is 1. The first-order chi connectivity index (χ1) is 9.78. The molecular formula is C14H13NO5S. The molecule has 0 atom stereocenters. The Balaban J connectivity index is 2.27. The normalized spacial score (nSPS) is 11.1. The van der Waals surface area contributed by atoms with Gasteiger partial charge in [-0.1, -0.05) is 17.7 Å². The second-order valence-corrected chi connectivity index (χ2v) is 6.17. The van der Waals surface area contributed by atoms with E-state index in [2.05, 4.69) is 0 Å². The number of carbonyl (C=O) groups is 1. The molecule has 110 valence electrons. The second-order valence-electron chi connectivity index (χ2n) is 4.49. The van der Waals surface area contributed by atoms with Gasteiger partial charge in [0.1, 0.15) is 11.5 Å². The average Bonchev–Trinajstić information content (AvgIpc) is 2.37. The SMILES string of the molecule is Cc1ccc(S(=O)(=O)NC(=O)c2cc(O)cc(O)c2)cc1. The smallest absolute Gasteiger partial charge is 0.265 e. The third kappa shape index (κ3) is 3.51. The summed E-state index contributed by atoms with van der Waals surface area (Å²) in [5.41, 5.74) is 0.723. The minimum absolute atomic E-state index is 0.0502. The highest BCUT2D eigenvalue weighted by atomic mass is 32.2. The zero-order valence-corrected chi connectivity index (χ0v) is 11.9. The van der Waals surface area contributed by atoms with E-state index >= 15 is 0 Å². The standard InChI is InChI=1S/C14H13NO5S/c1-9-2-4-13(5-3-9)21(19,20)15-14(18)10-6-11(16)8-12(17)7-10/h2-8,16-17H,1H3,(H,15,18). The fourth-order valence-electron chi connectivity index (χ4n) is 1.68. The van der Waals surface area contributed by atoms with Gasteiger partial charge in [0.05, 0.1) is 4.90 Å². The van der Waals surface area contributed by atoms with Crippen molar-refractivity contribution in [3.63, 3.8) is 0 Å². The fraction of sp³-hybridized carbons (Fsp3) is 0.0714. The Bertz CT molecular complexity index is 761. The summed E-state index contributed by atoms with van der Waals surface area (Å²) in [6.45, 7) is 1.81. The lowest BCUT2D eigenvalue weighted by atomic mass is 10.2. The molecule has 0 heterocycles. The molecule has 0 aliphatic rings. The molecule has 0 unspecified atom stereocenters. The van der Waals surface area contributed by atoms with E-state index in [1.54, 1.807) is 12.1 Å². The Kier molecular flexibility index (Phi) is 3.86. The maximum absolute atomic E-state index is 12.0. The predicted molar refractivity (Wildman–Crippen MR) is 75.6 cm³/mol. The minimum Gasteiger partial charge on any atom is -0.508 e. The van der Waals surface area contributed by atoms with Crippen molar-refractivity contribution in [1.29, 1.82) is 0 Å². The minimum atomic E-state index is -4.01. The van der Waals surface area contributed by atoms with Gasteiger partial charge in [0.25, 0.3) is 15.9 Å². The van der Waals surface area contributed by atoms with Crippen LogP contribution in [0.4, 0.5) is 0 Å². The van der Waals surface area contributed by atoms with Crippen LogP contribution in [0.25, 0.3) is 0 Å². The summed E-state index contributed by atoms with van der Waals surface area (Å²) in [7, 11) is -4.01. The molecular weight excluding hydrogens is 294 g/mol. The number of aryl methyl sites for hydroxylation is 1. The Morgan fingerprint density at radius 1 is 1.00 bits per heavy atom. The van der Waals surface area contributed by atoms with Crippen molar-refractivity contribution < 1.29 is 23.4 Å². The molecule has 0 saturated carbocycles. The van der Waals surface area contributed by atoms with Crippen LogP contribution in [0, 0.1) is 6.92 Å². The van der Waals surface area contributed by atoms with Gasteiger partial charge in [0.15, 0.2) is 0 Å². The number of hydrogen-bond donors (Lipinski definition) is 3. The molecule has 0 aromatic heterocycles. The number of amides is 1. The fourth-order valence-corrected chi connectivity index (χ4v) is 2.66. The van der Waals surface area contributed by atoms with Crippen molar-refractivity contribution in [2.75, 3.05) is 0 Å². The maximum atomic E-state index is 12.0. The Morgan fingerprint density at radius 3 is 2.05 bits per heavy atom. The highest BCUT2D eigenvalue weighted by Gasteiger charge is 2.19. The van der Waals surface area contributed by atoms with Gasteiger partial charge < -0.3 is 10.2 Å². The largest absolute Gasteiger partial charge is 0.508 e. The first-order valence-electron chi connectivity index (χ1n) is 5.95. The Hall–Kier alpha value is -2.54. The van der Waals surface area contributed by atoms with Crippen molar-refractivity contribution in [3.8, 4) is 11.5 Å². The highest BCUT2D eigenvalue weighted by molar-refractivity contribution is 7.90. The summed E-state index contributed by atoms with van der Waals surface area (Å²) < 4.78 is 26.0. The van der Waals surface area contributed by atoms with Crippen LogP contribution in [-0.2, 0) is 10.0 Å². The number of phenols is 2. The van der Waals surface area contributed by atoms with Crippen LogP contribution in [-0.4, -0.2) is 24.5 Å². The van der Waals surface area contributed by atoms with Crippen molar-refractivity contribution >= 4 is 15.9 Å². The van der Waals surface area contributed by atoms with Gasteiger partial charge in [-0.25, -0.2) is 13.1 Å². The summed E-state index contributed by atoms with van der Waals surface area (Å²) >= 11 is 0. The number of carbonyl (C=O) groups excluding carboxylic acids is 1. The molecule has 21 heavy (non-hydrogen) atoms. The average molecular weight is 307 g/mol. The van der Waals surface area contributed by atoms with E-state index in [4.69, 9.17) is 0 Å². The van der Waals surface area contributed by atoms with Crippen LogP contribution in [0.2, 0.25) is 0 Å². The Labute approximate surface area is 121 Å². The van der Waals surface area contributed by atoms with Gasteiger partial charge >= 0.3 is 0 Å². The van der Waals surface area contributed by atoms with Gasteiger partial charge in [-0.2, -0.15) is 0 Å². The number of sulfonamides is 1. The molecule has 0 radical (unpaired) electrons. The van der Waals surface area contributed by atoms with E-state index in [0.29, 0.717) is 0 Å². The first-order valence-corrected chi connectivity index (χ1v) is 7.43. The molecule has 0 bridgehead atoms. The number of aromatic hydroxyl groups is 2. The van der Waals surface area contributed by atoms with Crippen LogP contribution in [0.3, 0.4) is 0 Å². The third-order valence-electron chi connectivity index (χ3n) is 2.72. The van der Waals surface area contributed by atoms with E-state index in [0.717, 1.165) is 23.8 Å². The van der Waals surface area contributed by atoms with Gasteiger partial charge in [-0.3, -0.25) is 4.79 Å². The van der Waals surface area contributed by atoms with Crippen LogP contribution < -0.4 is 4.72 Å². The van der Waals surface area contributed by atoms with Crippen molar-refractivity contribution in [3.05, 3.63) is 53.6 Å². The van der Waals surface area contributed by atoms with Crippen LogP contribution in [0.15, 0.2) is 47.4 Å². The molecule has 3 N–H and O–H groups in total. The summed E-state index contributed by atoms with van der Waals surface area (Å²) in [5.74, 6) is -1.62. The molecule has 0 fully saturated rings. The van der Waals surface area contributed by atoms with Crippen molar-refractivity contribution in [2.24, 2.45) is 0 Å². The number of benzene rings is 2. The van der Waals surface area contributed by atoms with Gasteiger partial charge in [-0.05, 0) is 31.2 Å². The lowest BCUT2D eigenvalue weighted by Crippen LogP contribution is -2.30. The molecule has 2 aromatic rings. The number of rotatable bonds is 3. The highest BCUT2D eigenvalue weighted by Crippen LogP contribution is 2.20. The van der Waals surface area contributed by atoms with Crippen LogP contribution in [0.1, 0.15) is 15.9 Å². The summed E-state index contributed by atoms with van der Waals surface area (Å²) in [6, 6.07) is 9.12. The molecule has 0 aliphatic carbocycles. The first kappa shape index (κ1) is 14.9. The predicted octanol–water partition coefficient (Wildman–Crippen LogP) is 1.52. The van der Waals surface area contributed by atoms with Crippen molar-refractivity contribution in [1.82, 2.24) is 4.72 Å². The maximum Gasteiger partial charge on any atom is 0.265 e. The summed E-state index contributed by atoms with van der Waals surface area (Å²) in [5, 5.41) is 18.6. The molecule has 6 nitrogen and oxygen atoms in total. The van der Waals surface area contributed by atoms with E-state index in [-0.39, 0.29) is 22.0 Å². The number of phenolic OH excluding ortho intramolecular Hbond substituents is 2. The molecule has 7 heteroatoms. The second kappa shape index (κ2) is 5.45. The van der Waals surface area contributed by atoms with E-state index in [1.165, 1.54) is 12.1 Å². The molecule has 0 aliphatic heterocycles. The van der Waals surface area contributed by atoms with Crippen LogP contribution >= 0.6 is 0 Å². The van der Waals surface area contributed by atoms with Gasteiger partial charge in [-0.15, -0.1) is 0 Å². The number of hydrogen-bond acceptors (Lipinski definition) is 5. The third-order valence-corrected chi connectivity index (χ3v) is 4.07.